The van der Waals surface area contributed by atoms with E-state index < -0.39 is 0 Å². The van der Waals surface area contributed by atoms with Gasteiger partial charge in [-0.2, -0.15) is 0 Å². The molecule has 2 aromatic rings. The minimum absolute atomic E-state index is 0.177. The molecule has 5 nitrogen and oxygen atoms in total. The van der Waals surface area contributed by atoms with E-state index in [1.165, 1.54) is 0 Å². The summed E-state index contributed by atoms with van der Waals surface area (Å²) in [6.07, 6.45) is 1.68. The van der Waals surface area contributed by atoms with E-state index in [2.05, 4.69) is 10.5 Å². The van der Waals surface area contributed by atoms with Crippen LogP contribution in [0.2, 0.25) is 0 Å². The number of rotatable bonds is 5. The number of benzene rings is 1. The summed E-state index contributed by atoms with van der Waals surface area (Å²) in [5.41, 5.74) is 4.30. The summed E-state index contributed by atoms with van der Waals surface area (Å²) in [6, 6.07) is 7.36. The van der Waals surface area contributed by atoms with Crippen LogP contribution in [0.3, 0.4) is 0 Å². The zero-order valence-electron chi connectivity index (χ0n) is 11.5. The lowest BCUT2D eigenvalue weighted by Gasteiger charge is -2.15. The second kappa shape index (κ2) is 5.84. The van der Waals surface area contributed by atoms with Crippen molar-refractivity contribution in [3.63, 3.8) is 0 Å². The number of para-hydroxylation sites is 2. The van der Waals surface area contributed by atoms with Crippen molar-refractivity contribution in [2.75, 3.05) is 6.61 Å². The maximum atomic E-state index is 12.0. The average Bonchev–Trinajstić information content (AvgIpc) is 2.81. The molecule has 1 heterocycles. The summed E-state index contributed by atoms with van der Waals surface area (Å²) in [5, 5.41) is 0. The fourth-order valence-electron chi connectivity index (χ4n) is 1.78. The minimum Gasteiger partial charge on any atom is -0.318 e. The summed E-state index contributed by atoms with van der Waals surface area (Å²) in [7, 11) is 0. The van der Waals surface area contributed by atoms with Crippen LogP contribution in [0.25, 0.3) is 11.0 Å². The Morgan fingerprint density at radius 3 is 2.84 bits per heavy atom. The van der Waals surface area contributed by atoms with Gasteiger partial charge in [0.25, 0.3) is 5.91 Å². The van der Waals surface area contributed by atoms with Crippen molar-refractivity contribution in [2.24, 2.45) is 5.92 Å². The number of aromatic nitrogens is 2. The number of amides is 1. The van der Waals surface area contributed by atoms with Crippen molar-refractivity contribution >= 4 is 16.9 Å². The SMILES string of the molecule is CC(C)CONC(=O)C(C)n1cnc2ccccc21. The lowest BCUT2D eigenvalue weighted by Crippen LogP contribution is -2.31. The Balaban J connectivity index is 2.06. The fraction of sp³-hybridized carbons (Fsp3) is 0.429. The number of nitrogens with zero attached hydrogens (tertiary/aromatic N) is 2. The van der Waals surface area contributed by atoms with Crippen molar-refractivity contribution in [2.45, 2.75) is 26.8 Å². The van der Waals surface area contributed by atoms with Crippen LogP contribution in [-0.2, 0) is 9.63 Å². The molecule has 5 heteroatoms. The number of carbonyl (C=O) groups excluding carboxylic acids is 1. The highest BCUT2D eigenvalue weighted by Gasteiger charge is 2.17. The monoisotopic (exact) mass is 261 g/mol. The van der Waals surface area contributed by atoms with E-state index in [-0.39, 0.29) is 11.9 Å². The molecule has 0 aliphatic rings. The third-order valence-corrected chi connectivity index (χ3v) is 2.87. The molecule has 0 aliphatic carbocycles. The van der Waals surface area contributed by atoms with Crippen LogP contribution in [0, 0.1) is 5.92 Å². The molecule has 1 atom stereocenters. The van der Waals surface area contributed by atoms with Gasteiger partial charge in [0.2, 0.25) is 0 Å². The van der Waals surface area contributed by atoms with Gasteiger partial charge in [0, 0.05) is 0 Å². The number of fused-ring (bicyclic) bond motifs is 1. The number of imidazole rings is 1. The molecular formula is C14H19N3O2. The van der Waals surface area contributed by atoms with Crippen LogP contribution in [0.15, 0.2) is 30.6 Å². The first-order valence-corrected chi connectivity index (χ1v) is 6.43. The molecular weight excluding hydrogens is 242 g/mol. The predicted molar refractivity (Wildman–Crippen MR) is 73.4 cm³/mol. The van der Waals surface area contributed by atoms with E-state index in [1.807, 2.05) is 49.6 Å². The summed E-state index contributed by atoms with van der Waals surface area (Å²) >= 11 is 0. The van der Waals surface area contributed by atoms with Gasteiger partial charge in [0.1, 0.15) is 6.04 Å². The molecule has 1 aromatic heterocycles. The van der Waals surface area contributed by atoms with E-state index >= 15 is 0 Å². The standard InChI is InChI=1S/C14H19N3O2/c1-10(2)8-19-16-14(18)11(3)17-9-15-12-6-4-5-7-13(12)17/h4-7,9-11H,8H2,1-3H3,(H,16,18). The van der Waals surface area contributed by atoms with Gasteiger partial charge in [-0.25, -0.2) is 10.5 Å². The lowest BCUT2D eigenvalue weighted by atomic mass is 10.2. The van der Waals surface area contributed by atoms with Crippen LogP contribution in [0.4, 0.5) is 0 Å². The third-order valence-electron chi connectivity index (χ3n) is 2.87. The molecule has 1 N–H and O–H groups in total. The van der Waals surface area contributed by atoms with Crippen LogP contribution >= 0.6 is 0 Å². The third kappa shape index (κ3) is 3.12. The second-order valence-electron chi connectivity index (χ2n) is 4.99. The quantitative estimate of drug-likeness (QED) is 0.840. The number of hydroxylamine groups is 1. The topological polar surface area (TPSA) is 56.1 Å². The Labute approximate surface area is 112 Å². The first-order chi connectivity index (χ1) is 9.09. The Morgan fingerprint density at radius 2 is 2.11 bits per heavy atom. The Hall–Kier alpha value is -1.88. The molecule has 0 spiro atoms. The van der Waals surface area contributed by atoms with Crippen LogP contribution in [-0.4, -0.2) is 22.1 Å². The van der Waals surface area contributed by atoms with Crippen LogP contribution in [0.5, 0.6) is 0 Å². The molecule has 19 heavy (non-hydrogen) atoms. The number of hydrogen-bond donors (Lipinski definition) is 1. The van der Waals surface area contributed by atoms with E-state index in [0.717, 1.165) is 11.0 Å². The van der Waals surface area contributed by atoms with Crippen molar-refractivity contribution in [1.29, 1.82) is 0 Å². The van der Waals surface area contributed by atoms with E-state index in [9.17, 15) is 4.79 Å². The van der Waals surface area contributed by atoms with Crippen molar-refractivity contribution in [1.82, 2.24) is 15.0 Å². The van der Waals surface area contributed by atoms with E-state index in [0.29, 0.717) is 12.5 Å². The maximum absolute atomic E-state index is 12.0. The van der Waals surface area contributed by atoms with Crippen molar-refractivity contribution in [3.8, 4) is 0 Å². The van der Waals surface area contributed by atoms with Gasteiger partial charge in [-0.15, -0.1) is 0 Å². The maximum Gasteiger partial charge on any atom is 0.266 e. The van der Waals surface area contributed by atoms with Gasteiger partial charge in [-0.3, -0.25) is 9.63 Å². The van der Waals surface area contributed by atoms with Gasteiger partial charge in [0.05, 0.1) is 24.0 Å². The van der Waals surface area contributed by atoms with Gasteiger partial charge in [0.15, 0.2) is 0 Å². The Bertz CT molecular complexity index is 563. The molecule has 0 bridgehead atoms. The highest BCUT2D eigenvalue weighted by molar-refractivity contribution is 5.82. The van der Waals surface area contributed by atoms with Gasteiger partial charge in [-0.1, -0.05) is 26.0 Å². The second-order valence-corrected chi connectivity index (χ2v) is 4.99. The highest BCUT2D eigenvalue weighted by Crippen LogP contribution is 2.17. The molecule has 0 saturated carbocycles. The lowest BCUT2D eigenvalue weighted by molar-refractivity contribution is -0.137. The van der Waals surface area contributed by atoms with E-state index in [1.54, 1.807) is 6.33 Å². The van der Waals surface area contributed by atoms with Crippen LogP contribution < -0.4 is 5.48 Å². The fourth-order valence-corrected chi connectivity index (χ4v) is 1.78. The highest BCUT2D eigenvalue weighted by atomic mass is 16.7. The molecule has 0 fully saturated rings. The minimum atomic E-state index is -0.362. The Kier molecular flexibility index (Phi) is 4.16. The normalized spacial score (nSPS) is 12.8. The van der Waals surface area contributed by atoms with Gasteiger partial charge < -0.3 is 4.57 Å². The summed E-state index contributed by atoms with van der Waals surface area (Å²) < 4.78 is 1.84. The largest absolute Gasteiger partial charge is 0.318 e. The molecule has 102 valence electrons. The summed E-state index contributed by atoms with van der Waals surface area (Å²) in [5.74, 6) is 0.202. The van der Waals surface area contributed by atoms with Gasteiger partial charge in [-0.05, 0) is 25.0 Å². The predicted octanol–water partition coefficient (Wildman–Crippen LogP) is 2.30. The van der Waals surface area contributed by atoms with Crippen molar-refractivity contribution in [3.05, 3.63) is 30.6 Å². The van der Waals surface area contributed by atoms with Crippen molar-refractivity contribution < 1.29 is 9.63 Å². The van der Waals surface area contributed by atoms with Crippen LogP contribution in [0.1, 0.15) is 26.8 Å². The molecule has 1 aromatic carbocycles. The first kappa shape index (κ1) is 13.5. The van der Waals surface area contributed by atoms with Gasteiger partial charge >= 0.3 is 0 Å². The average molecular weight is 261 g/mol. The molecule has 0 radical (unpaired) electrons. The zero-order valence-corrected chi connectivity index (χ0v) is 11.5. The summed E-state index contributed by atoms with van der Waals surface area (Å²) in [4.78, 5) is 21.4. The first-order valence-electron chi connectivity index (χ1n) is 6.43. The molecule has 0 aliphatic heterocycles. The number of nitrogens with one attached hydrogen (secondary N) is 1. The molecule has 1 amide bonds. The smallest absolute Gasteiger partial charge is 0.266 e. The molecule has 2 rings (SSSR count). The Morgan fingerprint density at radius 1 is 1.37 bits per heavy atom. The molecule has 0 saturated heterocycles. The van der Waals surface area contributed by atoms with E-state index in [4.69, 9.17) is 4.84 Å². The zero-order chi connectivity index (χ0) is 13.8. The summed E-state index contributed by atoms with van der Waals surface area (Å²) in [6.45, 7) is 6.38. The number of carbonyl (C=O) groups is 1. The molecule has 1 unspecified atom stereocenters. The number of hydrogen-bond acceptors (Lipinski definition) is 3.